The number of pyridine rings is 1. The molecular formula is C39H41F2N7O4. The Balaban J connectivity index is 1.22. The van der Waals surface area contributed by atoms with Gasteiger partial charge in [0.05, 0.1) is 11.6 Å². The summed E-state index contributed by atoms with van der Waals surface area (Å²) >= 11 is 0. The largest absolute Gasteiger partial charge is 0.475 e. The Morgan fingerprint density at radius 2 is 2.08 bits per heavy atom. The third-order valence-corrected chi connectivity index (χ3v) is 11.7. The molecule has 270 valence electrons. The highest BCUT2D eigenvalue weighted by Crippen LogP contribution is 2.45. The number of benzene rings is 2. The second kappa shape index (κ2) is 12.5. The molecule has 52 heavy (non-hydrogen) atoms. The van der Waals surface area contributed by atoms with Gasteiger partial charge in [0.1, 0.15) is 53.6 Å². The molecule has 0 spiro atoms. The number of aromatic nitrogens is 3. The number of hydrogen-bond donors (Lipinski definition) is 2. The number of carbonyl (C=O) groups is 1. The monoisotopic (exact) mass is 709 g/mol. The van der Waals surface area contributed by atoms with Crippen LogP contribution in [0, 0.1) is 24.1 Å². The lowest BCUT2D eigenvalue weighted by atomic mass is 9.95. The number of nitrogens with one attached hydrogen (secondary N) is 1. The minimum atomic E-state index is -0.923. The summed E-state index contributed by atoms with van der Waals surface area (Å²) in [4.78, 5) is 31.8. The van der Waals surface area contributed by atoms with Crippen molar-refractivity contribution in [1.29, 1.82) is 0 Å². The third-order valence-electron chi connectivity index (χ3n) is 11.7. The van der Waals surface area contributed by atoms with Crippen LogP contribution in [0.25, 0.3) is 32.9 Å². The van der Waals surface area contributed by atoms with Gasteiger partial charge in [0.2, 0.25) is 5.88 Å². The molecule has 0 unspecified atom stereocenters. The van der Waals surface area contributed by atoms with Gasteiger partial charge in [-0.2, -0.15) is 9.97 Å². The van der Waals surface area contributed by atoms with Crippen molar-refractivity contribution in [3.63, 3.8) is 0 Å². The molecule has 0 saturated carbocycles. The molecule has 5 aliphatic heterocycles. The van der Waals surface area contributed by atoms with Crippen molar-refractivity contribution in [2.75, 3.05) is 37.7 Å². The number of esters is 1. The SMILES string of the molecule is C#Cc1cccc2cc(OC(=O)[C@@H](N)C(C)C)cc(-c3nc4c5c(nc(OC[C@@]67CCCN6C[C@H](F)C7)nc5c3F)N3C[C@H]5CC[C@H](N5)[C@H]3CO4)c12. The first-order valence-corrected chi connectivity index (χ1v) is 18.2. The summed E-state index contributed by atoms with van der Waals surface area (Å²) in [6.07, 6.45) is 9.19. The highest BCUT2D eigenvalue weighted by Gasteiger charge is 2.50. The zero-order chi connectivity index (χ0) is 35.9. The van der Waals surface area contributed by atoms with E-state index < -0.39 is 29.5 Å². The number of halogens is 2. The van der Waals surface area contributed by atoms with Crippen LogP contribution in [0.4, 0.5) is 14.6 Å². The van der Waals surface area contributed by atoms with Crippen molar-refractivity contribution in [3.05, 3.63) is 41.7 Å². The molecule has 9 rings (SSSR count). The fourth-order valence-corrected chi connectivity index (χ4v) is 9.03. The molecular weight excluding hydrogens is 668 g/mol. The topological polar surface area (TPSA) is 128 Å². The quantitative estimate of drug-likeness (QED) is 0.160. The predicted octanol–water partition coefficient (Wildman–Crippen LogP) is 4.51. The molecule has 0 amide bonds. The first-order chi connectivity index (χ1) is 25.1. The van der Waals surface area contributed by atoms with Crippen LogP contribution in [0.15, 0.2) is 30.3 Å². The number of rotatable bonds is 7. The Morgan fingerprint density at radius 1 is 1.21 bits per heavy atom. The van der Waals surface area contributed by atoms with Crippen LogP contribution >= 0.6 is 0 Å². The summed E-state index contributed by atoms with van der Waals surface area (Å²) in [6, 6.07) is 8.08. The first kappa shape index (κ1) is 33.2. The van der Waals surface area contributed by atoms with Crippen molar-refractivity contribution < 1.29 is 27.8 Å². The zero-order valence-electron chi connectivity index (χ0n) is 29.2. The normalized spacial score (nSPS) is 26.9. The number of terminal acetylenes is 1. The van der Waals surface area contributed by atoms with Gasteiger partial charge in [0, 0.05) is 48.1 Å². The molecule has 0 aliphatic carbocycles. The number of anilines is 1. The molecule has 2 aromatic carbocycles. The highest BCUT2D eigenvalue weighted by molar-refractivity contribution is 6.04. The molecule has 4 fully saturated rings. The van der Waals surface area contributed by atoms with Crippen LogP contribution in [-0.2, 0) is 4.79 Å². The Hall–Kier alpha value is -4.64. The van der Waals surface area contributed by atoms with E-state index in [-0.39, 0.29) is 59.5 Å². The Bertz CT molecular complexity index is 2160. The summed E-state index contributed by atoms with van der Waals surface area (Å²) < 4.78 is 50.7. The number of nitrogens with two attached hydrogens (primary N) is 1. The van der Waals surface area contributed by atoms with Crippen LogP contribution in [0.3, 0.4) is 0 Å². The van der Waals surface area contributed by atoms with E-state index in [1.54, 1.807) is 24.3 Å². The van der Waals surface area contributed by atoms with Gasteiger partial charge in [-0.15, -0.1) is 6.42 Å². The zero-order valence-corrected chi connectivity index (χ0v) is 29.2. The van der Waals surface area contributed by atoms with Gasteiger partial charge < -0.3 is 30.2 Å². The first-order valence-electron chi connectivity index (χ1n) is 18.2. The lowest BCUT2D eigenvalue weighted by Crippen LogP contribution is -2.60. The van der Waals surface area contributed by atoms with Gasteiger partial charge in [-0.1, -0.05) is 31.9 Å². The fraction of sp³-hybridized carbons (Fsp3) is 0.487. The maximum Gasteiger partial charge on any atom is 0.328 e. The van der Waals surface area contributed by atoms with Crippen molar-refractivity contribution >= 4 is 33.5 Å². The van der Waals surface area contributed by atoms with Gasteiger partial charge in [-0.25, -0.2) is 18.6 Å². The molecule has 13 heteroatoms. The minimum absolute atomic E-state index is 0.0130. The van der Waals surface area contributed by atoms with Crippen molar-refractivity contribution in [1.82, 2.24) is 25.2 Å². The van der Waals surface area contributed by atoms with Crippen molar-refractivity contribution in [2.24, 2.45) is 11.7 Å². The second-order valence-corrected chi connectivity index (χ2v) is 15.3. The van der Waals surface area contributed by atoms with E-state index in [4.69, 9.17) is 41.3 Å². The molecule has 4 aromatic rings. The maximum absolute atomic E-state index is 17.4. The number of ether oxygens (including phenoxy) is 3. The van der Waals surface area contributed by atoms with E-state index in [2.05, 4.69) is 21.0 Å². The standard InChI is InChI=1S/C39H41F2N7O4/c1-4-21-7-5-8-22-13-25(52-37(49)32(42)20(2)3)14-26(29(21)22)33-31(41)34-30-35(48-17-24-9-10-27(43-24)28(48)18-50-36(30)44-33)46-38(45-34)51-19-39-11-6-12-47(39)16-23(40)15-39/h1,5,7-8,13-14,20,23-24,27-28,32,43H,6,9-12,15-19,42H2,2-3H3/t23-,24-,27+,28-,32+,39+/m1/s1. The Labute approximate surface area is 300 Å². The number of alkyl halides is 1. The number of hydrogen-bond acceptors (Lipinski definition) is 11. The highest BCUT2D eigenvalue weighted by atomic mass is 19.1. The molecule has 0 radical (unpaired) electrons. The van der Waals surface area contributed by atoms with Crippen LogP contribution in [0.5, 0.6) is 17.6 Å². The van der Waals surface area contributed by atoms with E-state index in [1.807, 2.05) is 19.9 Å². The molecule has 3 N–H and O–H groups in total. The van der Waals surface area contributed by atoms with Gasteiger partial charge in [-0.3, -0.25) is 4.90 Å². The van der Waals surface area contributed by atoms with Crippen molar-refractivity contribution in [2.45, 2.75) is 81.8 Å². The Kier molecular flexibility index (Phi) is 7.98. The van der Waals surface area contributed by atoms with E-state index >= 15 is 4.39 Å². The van der Waals surface area contributed by atoms with Gasteiger partial charge in [0.25, 0.3) is 0 Å². The molecule has 4 saturated heterocycles. The average Bonchev–Trinajstić information content (AvgIpc) is 3.77. The average molecular weight is 710 g/mol. The van der Waals surface area contributed by atoms with Crippen LogP contribution in [0.1, 0.15) is 51.5 Å². The predicted molar refractivity (Wildman–Crippen MR) is 192 cm³/mol. The third kappa shape index (κ3) is 5.33. The minimum Gasteiger partial charge on any atom is -0.475 e. The summed E-state index contributed by atoms with van der Waals surface area (Å²) in [6.45, 7) is 6.00. The second-order valence-electron chi connectivity index (χ2n) is 15.3. The van der Waals surface area contributed by atoms with E-state index in [9.17, 15) is 9.18 Å². The summed E-state index contributed by atoms with van der Waals surface area (Å²) in [7, 11) is 0. The van der Waals surface area contributed by atoms with Gasteiger partial charge >= 0.3 is 12.0 Å². The number of carbonyl (C=O) groups excluding carboxylic acids is 1. The lowest BCUT2D eigenvalue weighted by Gasteiger charge is -2.40. The molecule has 2 aromatic heterocycles. The van der Waals surface area contributed by atoms with E-state index in [1.165, 1.54) is 0 Å². The molecule has 2 bridgehead atoms. The summed E-state index contributed by atoms with van der Waals surface area (Å²) in [5.74, 6) is 2.07. The van der Waals surface area contributed by atoms with Crippen LogP contribution in [0.2, 0.25) is 0 Å². The van der Waals surface area contributed by atoms with Crippen molar-refractivity contribution in [3.8, 4) is 41.2 Å². The van der Waals surface area contributed by atoms with Crippen LogP contribution < -0.4 is 30.2 Å². The Morgan fingerprint density at radius 3 is 2.90 bits per heavy atom. The van der Waals surface area contributed by atoms with Gasteiger partial charge in [0.15, 0.2) is 5.82 Å². The summed E-state index contributed by atoms with van der Waals surface area (Å²) in [5, 5.41) is 5.23. The molecule has 11 nitrogen and oxygen atoms in total. The fourth-order valence-electron chi connectivity index (χ4n) is 9.03. The maximum atomic E-state index is 17.4. The van der Waals surface area contributed by atoms with E-state index in [0.29, 0.717) is 59.2 Å². The number of nitrogens with zero attached hydrogens (tertiary/aromatic N) is 5. The molecule has 7 heterocycles. The van der Waals surface area contributed by atoms with Gasteiger partial charge in [-0.05, 0) is 61.7 Å². The van der Waals surface area contributed by atoms with E-state index in [0.717, 1.165) is 32.2 Å². The smallest absolute Gasteiger partial charge is 0.328 e. The number of fused-ring (bicyclic) bond motifs is 7. The summed E-state index contributed by atoms with van der Waals surface area (Å²) in [5.41, 5.74) is 6.39. The lowest BCUT2D eigenvalue weighted by molar-refractivity contribution is -0.136. The number of piperazine rings is 1. The molecule has 5 aliphatic rings. The molecule has 6 atom stereocenters. The van der Waals surface area contributed by atoms with Crippen LogP contribution in [-0.4, -0.2) is 94.5 Å².